The van der Waals surface area contributed by atoms with Crippen molar-refractivity contribution in [2.24, 2.45) is 0 Å². The van der Waals surface area contributed by atoms with Crippen molar-refractivity contribution in [3.8, 4) is 5.75 Å². The lowest BCUT2D eigenvalue weighted by atomic mass is 10.1. The molecule has 0 aliphatic heterocycles. The summed E-state index contributed by atoms with van der Waals surface area (Å²) >= 11 is 1.69. The van der Waals surface area contributed by atoms with Gasteiger partial charge in [0.2, 0.25) is 0 Å². The van der Waals surface area contributed by atoms with Crippen LogP contribution in [0.2, 0.25) is 0 Å². The van der Waals surface area contributed by atoms with Gasteiger partial charge < -0.3 is 15.8 Å². The molecule has 0 saturated heterocycles. The number of amides is 1. The fourth-order valence-corrected chi connectivity index (χ4v) is 2.08. The molecule has 0 aromatic heterocycles. The maximum absolute atomic E-state index is 12.0. The zero-order chi connectivity index (χ0) is 12.8. The number of hydrogen-bond donors (Lipinski definition) is 2. The predicted molar refractivity (Wildman–Crippen MR) is 72.7 cm³/mol. The minimum absolute atomic E-state index is 0.114. The molecule has 0 heterocycles. The lowest BCUT2D eigenvalue weighted by Crippen LogP contribution is -2.34. The molecule has 0 spiro atoms. The summed E-state index contributed by atoms with van der Waals surface area (Å²) in [5.41, 5.74) is 6.69. The van der Waals surface area contributed by atoms with Gasteiger partial charge in [-0.3, -0.25) is 4.79 Å². The third kappa shape index (κ3) is 3.85. The van der Waals surface area contributed by atoms with Crippen LogP contribution in [0.5, 0.6) is 5.75 Å². The number of thioether (sulfide) groups is 1. The van der Waals surface area contributed by atoms with Crippen LogP contribution >= 0.6 is 11.8 Å². The SMILES string of the molecule is COc1ccc(N)cc1C(=O)NC(C)CSC. The monoisotopic (exact) mass is 254 g/mol. The molecule has 1 aromatic carbocycles. The van der Waals surface area contributed by atoms with Crippen LogP contribution in [0.3, 0.4) is 0 Å². The topological polar surface area (TPSA) is 64.3 Å². The van der Waals surface area contributed by atoms with E-state index in [1.54, 1.807) is 30.0 Å². The van der Waals surface area contributed by atoms with Crippen LogP contribution in [-0.4, -0.2) is 31.1 Å². The summed E-state index contributed by atoms with van der Waals surface area (Å²) < 4.78 is 5.14. The first-order valence-corrected chi connectivity index (χ1v) is 6.71. The van der Waals surface area contributed by atoms with Crippen molar-refractivity contribution in [1.82, 2.24) is 5.32 Å². The molecule has 3 N–H and O–H groups in total. The minimum Gasteiger partial charge on any atom is -0.496 e. The molecule has 0 bridgehead atoms. The van der Waals surface area contributed by atoms with Crippen LogP contribution in [0.25, 0.3) is 0 Å². The van der Waals surface area contributed by atoms with Crippen molar-refractivity contribution < 1.29 is 9.53 Å². The number of hydrogen-bond acceptors (Lipinski definition) is 4. The third-order valence-corrected chi connectivity index (χ3v) is 3.10. The summed E-state index contributed by atoms with van der Waals surface area (Å²) in [5, 5.41) is 2.90. The fraction of sp³-hybridized carbons (Fsp3) is 0.417. The lowest BCUT2D eigenvalue weighted by Gasteiger charge is -2.14. The van der Waals surface area contributed by atoms with Gasteiger partial charge in [-0.1, -0.05) is 0 Å². The Morgan fingerprint density at radius 3 is 2.88 bits per heavy atom. The van der Waals surface area contributed by atoms with Crippen molar-refractivity contribution in [2.75, 3.05) is 24.9 Å². The first kappa shape index (κ1) is 13.7. The van der Waals surface area contributed by atoms with Gasteiger partial charge in [0, 0.05) is 17.5 Å². The highest BCUT2D eigenvalue weighted by molar-refractivity contribution is 7.98. The van der Waals surface area contributed by atoms with Gasteiger partial charge in [-0.15, -0.1) is 0 Å². The summed E-state index contributed by atoms with van der Waals surface area (Å²) in [6.07, 6.45) is 2.00. The van der Waals surface area contributed by atoms with Gasteiger partial charge in [-0.2, -0.15) is 11.8 Å². The van der Waals surface area contributed by atoms with Crippen LogP contribution in [-0.2, 0) is 0 Å². The number of benzene rings is 1. The predicted octanol–water partition coefficient (Wildman–Crippen LogP) is 1.76. The Labute approximate surface area is 106 Å². The van der Waals surface area contributed by atoms with Gasteiger partial charge >= 0.3 is 0 Å². The van der Waals surface area contributed by atoms with Gasteiger partial charge in [-0.25, -0.2) is 0 Å². The summed E-state index contributed by atoms with van der Waals surface area (Å²) in [6.45, 7) is 1.97. The number of ether oxygens (including phenoxy) is 1. The molecule has 4 nitrogen and oxygen atoms in total. The molecule has 0 saturated carbocycles. The van der Waals surface area contributed by atoms with E-state index in [0.717, 1.165) is 5.75 Å². The van der Waals surface area contributed by atoms with Gasteiger partial charge in [-0.05, 0) is 31.4 Å². The maximum Gasteiger partial charge on any atom is 0.255 e. The Morgan fingerprint density at radius 1 is 1.59 bits per heavy atom. The molecule has 1 unspecified atom stereocenters. The van der Waals surface area contributed by atoms with E-state index in [1.165, 1.54) is 7.11 Å². The maximum atomic E-state index is 12.0. The Hall–Kier alpha value is -1.36. The first-order chi connectivity index (χ1) is 8.08. The van der Waals surface area contributed by atoms with E-state index < -0.39 is 0 Å². The largest absolute Gasteiger partial charge is 0.496 e. The second-order valence-corrected chi connectivity index (χ2v) is 4.70. The molecular formula is C12H18N2O2S. The second-order valence-electron chi connectivity index (χ2n) is 3.79. The van der Waals surface area contributed by atoms with Crippen LogP contribution < -0.4 is 15.8 Å². The fourth-order valence-electron chi connectivity index (χ4n) is 1.50. The number of methoxy groups -OCH3 is 1. The molecule has 17 heavy (non-hydrogen) atoms. The quantitative estimate of drug-likeness (QED) is 0.786. The number of rotatable bonds is 5. The Bertz CT molecular complexity index is 396. The number of nitrogens with two attached hydrogens (primary N) is 1. The van der Waals surface area contributed by atoms with E-state index in [4.69, 9.17) is 10.5 Å². The molecule has 1 atom stereocenters. The van der Waals surface area contributed by atoms with Crippen molar-refractivity contribution in [2.45, 2.75) is 13.0 Å². The van der Waals surface area contributed by atoms with E-state index >= 15 is 0 Å². The molecule has 0 aliphatic carbocycles. The highest BCUT2D eigenvalue weighted by atomic mass is 32.2. The van der Waals surface area contributed by atoms with E-state index in [1.807, 2.05) is 13.2 Å². The molecule has 0 radical (unpaired) electrons. The molecule has 94 valence electrons. The van der Waals surface area contributed by atoms with E-state index in [9.17, 15) is 4.79 Å². The van der Waals surface area contributed by atoms with Crippen molar-refractivity contribution in [3.05, 3.63) is 23.8 Å². The Morgan fingerprint density at radius 2 is 2.29 bits per heavy atom. The zero-order valence-electron chi connectivity index (χ0n) is 10.3. The number of nitrogen functional groups attached to an aromatic ring is 1. The van der Waals surface area contributed by atoms with Gasteiger partial charge in [0.05, 0.1) is 12.7 Å². The summed E-state index contributed by atoms with van der Waals surface area (Å²) in [7, 11) is 1.54. The Balaban J connectivity index is 2.83. The van der Waals surface area contributed by atoms with Gasteiger partial charge in [0.25, 0.3) is 5.91 Å². The summed E-state index contributed by atoms with van der Waals surface area (Å²) in [6, 6.07) is 5.15. The smallest absolute Gasteiger partial charge is 0.255 e. The lowest BCUT2D eigenvalue weighted by molar-refractivity contribution is 0.0941. The average Bonchev–Trinajstić information content (AvgIpc) is 2.29. The zero-order valence-corrected chi connectivity index (χ0v) is 11.1. The van der Waals surface area contributed by atoms with E-state index in [0.29, 0.717) is 17.0 Å². The van der Waals surface area contributed by atoms with Crippen molar-refractivity contribution in [3.63, 3.8) is 0 Å². The van der Waals surface area contributed by atoms with Gasteiger partial charge in [0.1, 0.15) is 5.75 Å². The van der Waals surface area contributed by atoms with Crippen molar-refractivity contribution in [1.29, 1.82) is 0 Å². The second kappa shape index (κ2) is 6.39. The van der Waals surface area contributed by atoms with Crippen molar-refractivity contribution >= 4 is 23.4 Å². The number of carbonyl (C=O) groups excluding carboxylic acids is 1. The summed E-state index contributed by atoms with van der Waals surface area (Å²) in [4.78, 5) is 12.0. The highest BCUT2D eigenvalue weighted by Gasteiger charge is 2.14. The van der Waals surface area contributed by atoms with Crippen LogP contribution in [0.1, 0.15) is 17.3 Å². The number of carbonyl (C=O) groups is 1. The molecule has 0 aliphatic rings. The highest BCUT2D eigenvalue weighted by Crippen LogP contribution is 2.21. The normalized spacial score (nSPS) is 11.9. The number of anilines is 1. The van der Waals surface area contributed by atoms with E-state index in [-0.39, 0.29) is 11.9 Å². The molecule has 1 amide bonds. The molecule has 5 heteroatoms. The summed E-state index contributed by atoms with van der Waals surface area (Å²) in [5.74, 6) is 1.25. The number of nitrogens with one attached hydrogen (secondary N) is 1. The Kier molecular flexibility index (Phi) is 5.15. The molecule has 0 fully saturated rings. The van der Waals surface area contributed by atoms with Gasteiger partial charge in [0.15, 0.2) is 0 Å². The molecule has 1 aromatic rings. The third-order valence-electron chi connectivity index (χ3n) is 2.26. The average molecular weight is 254 g/mol. The molecule has 1 rings (SSSR count). The first-order valence-electron chi connectivity index (χ1n) is 5.31. The van der Waals surface area contributed by atoms with Crippen LogP contribution in [0.15, 0.2) is 18.2 Å². The van der Waals surface area contributed by atoms with Crippen LogP contribution in [0.4, 0.5) is 5.69 Å². The standard InChI is InChI=1S/C12H18N2O2S/c1-8(7-17-3)14-12(15)10-6-9(13)4-5-11(10)16-2/h4-6,8H,7,13H2,1-3H3,(H,14,15). The van der Waals surface area contributed by atoms with E-state index in [2.05, 4.69) is 5.32 Å². The molecular weight excluding hydrogens is 236 g/mol. The van der Waals surface area contributed by atoms with Crippen LogP contribution in [0, 0.1) is 0 Å². The minimum atomic E-state index is -0.157.